The van der Waals surface area contributed by atoms with Gasteiger partial charge in [0.1, 0.15) is 11.8 Å². The van der Waals surface area contributed by atoms with Crippen LogP contribution in [-0.2, 0) is 13.9 Å². The maximum atomic E-state index is 13.6. The van der Waals surface area contributed by atoms with Gasteiger partial charge in [0.25, 0.3) is 0 Å². The van der Waals surface area contributed by atoms with E-state index in [2.05, 4.69) is 20.0 Å². The number of nitrogens with one attached hydrogen (secondary N) is 1. The van der Waals surface area contributed by atoms with Crippen molar-refractivity contribution < 1.29 is 37.7 Å². The topological polar surface area (TPSA) is 182 Å². The third-order valence-corrected chi connectivity index (χ3v) is 7.51. The molecule has 1 aliphatic rings. The third kappa shape index (κ3) is 5.82. The van der Waals surface area contributed by atoms with Crippen LogP contribution in [0.5, 0.6) is 23.1 Å². The number of hydrogen-bond acceptors (Lipinski definition) is 11. The number of allylic oxidation sites excluding steroid dienone is 1. The number of carboxylic acid groups (broad SMARTS) is 1. The minimum Gasteiger partial charge on any atom is -0.493 e. The fourth-order valence-corrected chi connectivity index (χ4v) is 5.51. The lowest BCUT2D eigenvalue weighted by Crippen LogP contribution is -2.33. The number of ether oxygens (including phenoxy) is 3. The molecule has 4 rings (SSSR count). The number of methoxy groups -OCH3 is 3. The van der Waals surface area contributed by atoms with Crippen LogP contribution in [0.4, 0.5) is 5.95 Å². The fourth-order valence-electron chi connectivity index (χ4n) is 3.96. The number of aromatic nitrogens is 4. The lowest BCUT2D eigenvalue weighted by molar-refractivity contribution is -0.138. The number of carbonyl (C=O) groups is 1. The highest BCUT2D eigenvalue weighted by Gasteiger charge is 2.34. The number of carboxylic acids is 1. The van der Waals surface area contributed by atoms with Gasteiger partial charge < -0.3 is 34.1 Å². The number of fused-ring (bicyclic) bond motifs is 1. The van der Waals surface area contributed by atoms with Gasteiger partial charge >= 0.3 is 13.7 Å². The van der Waals surface area contributed by atoms with E-state index >= 15 is 0 Å². The van der Waals surface area contributed by atoms with E-state index < -0.39 is 19.8 Å². The maximum absolute atomic E-state index is 13.6. The Morgan fingerprint density at radius 3 is 2.66 bits per heavy atom. The van der Waals surface area contributed by atoms with Gasteiger partial charge in [-0.05, 0) is 25.5 Å². The molecular formula is C23H29N6O8P. The Hall–Kier alpha value is -3.87. The first-order chi connectivity index (χ1) is 18.2. The molecular weight excluding hydrogens is 519 g/mol. The molecule has 3 aromatic rings. The van der Waals surface area contributed by atoms with E-state index in [-0.39, 0.29) is 36.1 Å². The van der Waals surface area contributed by atoms with Crippen LogP contribution in [0.3, 0.4) is 0 Å². The van der Waals surface area contributed by atoms with E-state index in [1.807, 2.05) is 16.7 Å². The summed E-state index contributed by atoms with van der Waals surface area (Å²) in [5.74, 6) is -0.104. The summed E-state index contributed by atoms with van der Waals surface area (Å²) in [4.78, 5) is 24.1. The molecule has 0 spiro atoms. The predicted octanol–water partition coefficient (Wildman–Crippen LogP) is 2.82. The molecule has 0 fully saturated rings. The second-order valence-corrected chi connectivity index (χ2v) is 10.1. The number of hydrogen-bond donors (Lipinski definition) is 3. The number of nitrogen functional groups attached to an aromatic ring is 1. The Bertz CT molecular complexity index is 1400. The van der Waals surface area contributed by atoms with E-state index in [4.69, 9.17) is 29.0 Å². The van der Waals surface area contributed by atoms with Crippen molar-refractivity contribution in [1.82, 2.24) is 24.6 Å². The van der Waals surface area contributed by atoms with Gasteiger partial charge in [0, 0.05) is 12.0 Å². The van der Waals surface area contributed by atoms with Crippen molar-refractivity contribution >= 4 is 30.8 Å². The summed E-state index contributed by atoms with van der Waals surface area (Å²) in [5, 5.41) is 11.8. The highest BCUT2D eigenvalue weighted by Crippen LogP contribution is 2.47. The van der Waals surface area contributed by atoms with Crippen molar-refractivity contribution in [3.8, 4) is 23.1 Å². The number of imidazole rings is 1. The third-order valence-electron chi connectivity index (χ3n) is 5.87. The van der Waals surface area contributed by atoms with Gasteiger partial charge in [-0.3, -0.25) is 9.32 Å². The lowest BCUT2D eigenvalue weighted by Gasteiger charge is -2.23. The van der Waals surface area contributed by atoms with Crippen molar-refractivity contribution in [2.75, 3.05) is 33.7 Å². The van der Waals surface area contributed by atoms with Gasteiger partial charge in [-0.1, -0.05) is 12.2 Å². The molecule has 4 N–H and O–H groups in total. The lowest BCUT2D eigenvalue weighted by atomic mass is 10.1. The minimum absolute atomic E-state index is 0.00994. The van der Waals surface area contributed by atoms with Crippen LogP contribution < -0.4 is 29.6 Å². The van der Waals surface area contributed by atoms with Gasteiger partial charge in [0.2, 0.25) is 11.8 Å². The summed E-state index contributed by atoms with van der Waals surface area (Å²) in [6, 6.07) is 3.22. The van der Waals surface area contributed by atoms with Gasteiger partial charge in [0.15, 0.2) is 22.7 Å². The molecule has 4 atom stereocenters. The Kier molecular flexibility index (Phi) is 8.05. The number of aliphatic carboxylic acids is 1. The monoisotopic (exact) mass is 548 g/mol. The molecule has 1 unspecified atom stereocenters. The largest absolute Gasteiger partial charge is 0.493 e. The number of anilines is 1. The number of nitrogens with two attached hydrogens (primary N) is 1. The summed E-state index contributed by atoms with van der Waals surface area (Å²) in [6.07, 6.45) is 6.07. The molecule has 1 aromatic carbocycles. The van der Waals surface area contributed by atoms with Gasteiger partial charge in [-0.25, -0.2) is 9.55 Å². The molecule has 2 aromatic heterocycles. The summed E-state index contributed by atoms with van der Waals surface area (Å²) in [5.41, 5.74) is 6.82. The second kappa shape index (κ2) is 11.3. The normalized spacial score (nSPS) is 19.2. The van der Waals surface area contributed by atoms with Gasteiger partial charge in [-0.15, -0.1) is 0 Å². The predicted molar refractivity (Wildman–Crippen MR) is 137 cm³/mol. The van der Waals surface area contributed by atoms with Gasteiger partial charge in [0.05, 0.1) is 40.3 Å². The molecule has 0 radical (unpaired) electrons. The standard InChI is InChI=1S/C23H29N6O8P/c1-13(22(30)31)28-38(32,37-16-7-8-17(33-2)18(10-16)34-3)36-11-14-5-6-15(9-14)29-12-25-19-20(29)26-23(24)27-21(19)35-4/h5-8,10,12-15H,9,11H2,1-4H3,(H,28,32)(H,30,31)(H2,24,26,27)/t13-,14+,15-,38?/m0/s1. The van der Waals surface area contributed by atoms with E-state index in [0.29, 0.717) is 29.1 Å². The zero-order chi connectivity index (χ0) is 27.4. The van der Waals surface area contributed by atoms with Crippen molar-refractivity contribution in [1.29, 1.82) is 0 Å². The van der Waals surface area contributed by atoms with Crippen LogP contribution >= 0.6 is 7.75 Å². The minimum atomic E-state index is -4.13. The maximum Gasteiger partial charge on any atom is 0.459 e. The first kappa shape index (κ1) is 27.2. The van der Waals surface area contributed by atoms with Crippen LogP contribution in [0.15, 0.2) is 36.7 Å². The highest BCUT2D eigenvalue weighted by molar-refractivity contribution is 7.52. The van der Waals surface area contributed by atoms with Gasteiger partial charge in [-0.2, -0.15) is 15.1 Å². The molecule has 0 bridgehead atoms. The van der Waals surface area contributed by atoms with Crippen LogP contribution in [0.1, 0.15) is 19.4 Å². The Morgan fingerprint density at radius 1 is 1.21 bits per heavy atom. The van der Waals surface area contributed by atoms with Crippen molar-refractivity contribution in [3.63, 3.8) is 0 Å². The summed E-state index contributed by atoms with van der Waals surface area (Å²) in [7, 11) is 0.281. The molecule has 204 valence electrons. The molecule has 0 aliphatic heterocycles. The van der Waals surface area contributed by atoms with E-state index in [9.17, 15) is 14.5 Å². The smallest absolute Gasteiger partial charge is 0.459 e. The van der Waals surface area contributed by atoms with Crippen LogP contribution in [0, 0.1) is 5.92 Å². The zero-order valence-corrected chi connectivity index (χ0v) is 22.1. The Morgan fingerprint density at radius 2 is 1.97 bits per heavy atom. The SMILES string of the molecule is COc1ccc(OP(=O)(N[C@@H](C)C(=O)O)OC[C@@H]2C=C[C@H](n3cnc4c(OC)nc(N)nc43)C2)cc1OC. The zero-order valence-electron chi connectivity index (χ0n) is 21.2. The Labute approximate surface area is 218 Å². The molecule has 38 heavy (non-hydrogen) atoms. The van der Waals surface area contributed by atoms with Crippen LogP contribution in [0.2, 0.25) is 0 Å². The molecule has 2 heterocycles. The molecule has 0 amide bonds. The molecule has 0 saturated carbocycles. The average molecular weight is 548 g/mol. The average Bonchev–Trinajstić information content (AvgIpc) is 3.53. The quantitative estimate of drug-likeness (QED) is 0.222. The molecule has 0 saturated heterocycles. The van der Waals surface area contributed by atoms with Crippen LogP contribution in [-0.4, -0.2) is 64.6 Å². The van der Waals surface area contributed by atoms with Crippen LogP contribution in [0.25, 0.3) is 11.2 Å². The van der Waals surface area contributed by atoms with E-state index in [1.54, 1.807) is 12.4 Å². The fraction of sp³-hybridized carbons (Fsp3) is 0.391. The summed E-state index contributed by atoms with van der Waals surface area (Å²) < 4.78 is 42.6. The number of benzene rings is 1. The summed E-state index contributed by atoms with van der Waals surface area (Å²) in [6.45, 7) is 1.33. The van der Waals surface area contributed by atoms with E-state index in [1.165, 1.54) is 40.4 Å². The molecule has 15 heteroatoms. The van der Waals surface area contributed by atoms with Crippen molar-refractivity contribution in [2.24, 2.45) is 5.92 Å². The van der Waals surface area contributed by atoms with Crippen molar-refractivity contribution in [3.05, 3.63) is 36.7 Å². The highest BCUT2D eigenvalue weighted by atomic mass is 31.2. The molecule has 14 nitrogen and oxygen atoms in total. The second-order valence-electron chi connectivity index (χ2n) is 8.45. The number of rotatable bonds is 12. The van der Waals surface area contributed by atoms with E-state index in [0.717, 1.165) is 0 Å². The van der Waals surface area contributed by atoms with Crippen molar-refractivity contribution in [2.45, 2.75) is 25.4 Å². The first-order valence-corrected chi connectivity index (χ1v) is 13.1. The Balaban J connectivity index is 1.49. The number of nitrogens with zero attached hydrogens (tertiary/aromatic N) is 4. The summed E-state index contributed by atoms with van der Waals surface area (Å²) >= 11 is 0. The first-order valence-electron chi connectivity index (χ1n) is 11.6. The molecule has 1 aliphatic carbocycles.